The predicted molar refractivity (Wildman–Crippen MR) is 81.0 cm³/mol. The minimum atomic E-state index is 0.855. The Bertz CT molecular complexity index is 233. The number of nitrogens with zero attached hydrogens (tertiary/aromatic N) is 2. The zero-order chi connectivity index (χ0) is 12.9. The monoisotopic (exact) mass is 250 g/mol. The van der Waals surface area contributed by atoms with E-state index in [1.807, 2.05) is 12.3 Å². The van der Waals surface area contributed by atoms with E-state index in [0.29, 0.717) is 0 Å². The molecule has 0 saturated heterocycles. The summed E-state index contributed by atoms with van der Waals surface area (Å²) in [6, 6.07) is 0. The smallest absolute Gasteiger partial charge is 0.109 e. The molecule has 0 spiro atoms. The standard InChI is InChI=1S/C16H30N2/c1-2-3-4-5-6-7-8-9-10-11-14-18-15-12-13-17-16-18/h12-13,15H,2-11,14,16H2,1H3. The molecule has 1 aliphatic heterocycles. The van der Waals surface area contributed by atoms with Crippen LogP contribution in [0.2, 0.25) is 0 Å². The second-order valence-electron chi connectivity index (χ2n) is 5.31. The van der Waals surface area contributed by atoms with Gasteiger partial charge in [0.15, 0.2) is 0 Å². The van der Waals surface area contributed by atoms with E-state index in [2.05, 4.69) is 23.0 Å². The summed E-state index contributed by atoms with van der Waals surface area (Å²) in [5.74, 6) is 0. The zero-order valence-corrected chi connectivity index (χ0v) is 12.1. The van der Waals surface area contributed by atoms with Crippen molar-refractivity contribution < 1.29 is 0 Å². The molecule has 0 fully saturated rings. The first-order chi connectivity index (χ1) is 8.93. The molecular weight excluding hydrogens is 220 g/mol. The maximum Gasteiger partial charge on any atom is 0.109 e. The quantitative estimate of drug-likeness (QED) is 0.482. The van der Waals surface area contributed by atoms with Gasteiger partial charge in [-0.1, -0.05) is 64.7 Å². The van der Waals surface area contributed by atoms with E-state index in [1.54, 1.807) is 0 Å². The Balaban J connectivity index is 1.76. The van der Waals surface area contributed by atoms with Crippen molar-refractivity contribution in [3.8, 4) is 0 Å². The third-order valence-electron chi connectivity index (χ3n) is 3.55. The fourth-order valence-corrected chi connectivity index (χ4v) is 2.37. The molecule has 1 aliphatic rings. The Labute approximate surface area is 113 Å². The first kappa shape index (κ1) is 15.3. The molecule has 0 amide bonds. The van der Waals surface area contributed by atoms with Gasteiger partial charge in [0, 0.05) is 19.0 Å². The number of hydrogen-bond donors (Lipinski definition) is 0. The number of rotatable bonds is 11. The van der Waals surface area contributed by atoms with Gasteiger partial charge in [-0.2, -0.15) is 0 Å². The van der Waals surface area contributed by atoms with Crippen molar-refractivity contribution in [3.05, 3.63) is 12.3 Å². The van der Waals surface area contributed by atoms with Gasteiger partial charge >= 0.3 is 0 Å². The molecule has 0 saturated carbocycles. The van der Waals surface area contributed by atoms with E-state index >= 15 is 0 Å². The van der Waals surface area contributed by atoms with Crippen molar-refractivity contribution in [2.45, 2.75) is 71.1 Å². The molecule has 104 valence electrons. The summed E-state index contributed by atoms with van der Waals surface area (Å²) in [5.41, 5.74) is 0. The molecule has 18 heavy (non-hydrogen) atoms. The van der Waals surface area contributed by atoms with E-state index in [1.165, 1.54) is 70.8 Å². The van der Waals surface area contributed by atoms with Crippen LogP contribution in [0.1, 0.15) is 71.1 Å². The highest BCUT2D eigenvalue weighted by atomic mass is 15.2. The van der Waals surface area contributed by atoms with E-state index in [0.717, 1.165) is 6.67 Å². The first-order valence-corrected chi connectivity index (χ1v) is 7.84. The number of aliphatic imine (C=N–C) groups is 1. The molecule has 0 aliphatic carbocycles. The molecule has 0 atom stereocenters. The maximum atomic E-state index is 4.24. The van der Waals surface area contributed by atoms with Gasteiger partial charge in [0.05, 0.1) is 0 Å². The average Bonchev–Trinajstić information content (AvgIpc) is 2.42. The fraction of sp³-hybridized carbons (Fsp3) is 0.812. The molecule has 0 aromatic rings. The van der Waals surface area contributed by atoms with Crippen LogP contribution in [-0.4, -0.2) is 24.3 Å². The Hall–Kier alpha value is -0.790. The minimum Gasteiger partial charge on any atom is -0.358 e. The van der Waals surface area contributed by atoms with E-state index in [-0.39, 0.29) is 0 Å². The number of unbranched alkanes of at least 4 members (excludes halogenated alkanes) is 9. The number of allylic oxidation sites excluding steroid dienone is 1. The molecule has 0 aromatic carbocycles. The van der Waals surface area contributed by atoms with Gasteiger partial charge in [0.1, 0.15) is 6.67 Å². The van der Waals surface area contributed by atoms with Gasteiger partial charge in [-0.3, -0.25) is 4.99 Å². The second-order valence-corrected chi connectivity index (χ2v) is 5.31. The molecule has 0 radical (unpaired) electrons. The SMILES string of the molecule is CCCCCCCCCCCCN1C=CC=NC1. The molecule has 0 aromatic heterocycles. The van der Waals surface area contributed by atoms with Crippen LogP contribution in [-0.2, 0) is 0 Å². The van der Waals surface area contributed by atoms with Crippen LogP contribution in [0.3, 0.4) is 0 Å². The van der Waals surface area contributed by atoms with Crippen LogP contribution >= 0.6 is 0 Å². The highest BCUT2D eigenvalue weighted by Crippen LogP contribution is 2.11. The summed E-state index contributed by atoms with van der Waals surface area (Å²) >= 11 is 0. The Morgan fingerprint density at radius 3 is 2.06 bits per heavy atom. The van der Waals surface area contributed by atoms with Crippen molar-refractivity contribution >= 4 is 6.21 Å². The van der Waals surface area contributed by atoms with Gasteiger partial charge < -0.3 is 4.90 Å². The van der Waals surface area contributed by atoms with Gasteiger partial charge in [-0.05, 0) is 12.5 Å². The van der Waals surface area contributed by atoms with Crippen molar-refractivity contribution in [3.63, 3.8) is 0 Å². The Morgan fingerprint density at radius 1 is 0.889 bits per heavy atom. The van der Waals surface area contributed by atoms with Crippen LogP contribution in [0.25, 0.3) is 0 Å². The third-order valence-corrected chi connectivity index (χ3v) is 3.55. The lowest BCUT2D eigenvalue weighted by Gasteiger charge is -2.19. The van der Waals surface area contributed by atoms with Gasteiger partial charge in [-0.15, -0.1) is 0 Å². The van der Waals surface area contributed by atoms with Crippen LogP contribution in [0.4, 0.5) is 0 Å². The molecular formula is C16H30N2. The second kappa shape index (κ2) is 11.3. The maximum absolute atomic E-state index is 4.24. The average molecular weight is 250 g/mol. The summed E-state index contributed by atoms with van der Waals surface area (Å²) in [5, 5.41) is 0. The van der Waals surface area contributed by atoms with Crippen LogP contribution in [0.15, 0.2) is 17.3 Å². The van der Waals surface area contributed by atoms with Crippen molar-refractivity contribution in [2.75, 3.05) is 13.2 Å². The first-order valence-electron chi connectivity index (χ1n) is 7.84. The molecule has 1 rings (SSSR count). The third kappa shape index (κ3) is 8.32. The lowest BCUT2D eigenvalue weighted by atomic mass is 10.1. The summed E-state index contributed by atoms with van der Waals surface area (Å²) in [7, 11) is 0. The summed E-state index contributed by atoms with van der Waals surface area (Å²) < 4.78 is 0. The van der Waals surface area contributed by atoms with Crippen LogP contribution < -0.4 is 0 Å². The predicted octanol–water partition coefficient (Wildman–Crippen LogP) is 4.76. The fourth-order valence-electron chi connectivity index (χ4n) is 2.37. The van der Waals surface area contributed by atoms with Gasteiger partial charge in [0.2, 0.25) is 0 Å². The van der Waals surface area contributed by atoms with Crippen molar-refractivity contribution in [1.29, 1.82) is 0 Å². The molecule has 1 heterocycles. The highest BCUT2D eigenvalue weighted by Gasteiger charge is 1.99. The van der Waals surface area contributed by atoms with Crippen molar-refractivity contribution in [1.82, 2.24) is 4.90 Å². The summed E-state index contributed by atoms with van der Waals surface area (Å²) in [6.07, 6.45) is 20.2. The zero-order valence-electron chi connectivity index (χ0n) is 12.1. The molecule has 0 N–H and O–H groups in total. The van der Waals surface area contributed by atoms with Gasteiger partial charge in [-0.25, -0.2) is 0 Å². The molecule has 2 heteroatoms. The molecule has 0 unspecified atom stereocenters. The van der Waals surface area contributed by atoms with E-state index < -0.39 is 0 Å². The Kier molecular flexibility index (Phi) is 9.59. The molecule has 0 bridgehead atoms. The highest BCUT2D eigenvalue weighted by molar-refractivity contribution is 5.71. The summed E-state index contributed by atoms with van der Waals surface area (Å²) in [4.78, 5) is 6.53. The van der Waals surface area contributed by atoms with E-state index in [4.69, 9.17) is 0 Å². The topological polar surface area (TPSA) is 15.6 Å². The van der Waals surface area contributed by atoms with Gasteiger partial charge in [0.25, 0.3) is 0 Å². The lowest BCUT2D eigenvalue weighted by Crippen LogP contribution is -2.20. The minimum absolute atomic E-state index is 0.855. The summed E-state index contributed by atoms with van der Waals surface area (Å²) in [6.45, 7) is 4.31. The van der Waals surface area contributed by atoms with E-state index in [9.17, 15) is 0 Å². The van der Waals surface area contributed by atoms with Crippen LogP contribution in [0, 0.1) is 0 Å². The number of hydrogen-bond acceptors (Lipinski definition) is 2. The lowest BCUT2D eigenvalue weighted by molar-refractivity contribution is 0.370. The molecule has 2 nitrogen and oxygen atoms in total. The Morgan fingerprint density at radius 2 is 1.50 bits per heavy atom. The van der Waals surface area contributed by atoms with Crippen LogP contribution in [0.5, 0.6) is 0 Å². The van der Waals surface area contributed by atoms with Crippen molar-refractivity contribution in [2.24, 2.45) is 4.99 Å². The normalized spacial score (nSPS) is 14.4. The largest absolute Gasteiger partial charge is 0.358 e.